The van der Waals surface area contributed by atoms with Crippen LogP contribution in [0.25, 0.3) is 0 Å². The topological polar surface area (TPSA) is 74.8 Å². The van der Waals surface area contributed by atoms with Gasteiger partial charge in [-0.1, -0.05) is 0 Å². The third-order valence-corrected chi connectivity index (χ3v) is 5.11. The van der Waals surface area contributed by atoms with E-state index in [2.05, 4.69) is 15.2 Å². The number of rotatable bonds is 5. The smallest absolute Gasteiger partial charge is 0.248 e. The molecule has 1 aliphatic heterocycles. The summed E-state index contributed by atoms with van der Waals surface area (Å²) in [7, 11) is 1.52. The van der Waals surface area contributed by atoms with Crippen molar-refractivity contribution < 1.29 is 14.3 Å². The van der Waals surface area contributed by atoms with Crippen LogP contribution in [0.2, 0.25) is 0 Å². The highest BCUT2D eigenvalue weighted by Gasteiger charge is 2.27. The lowest BCUT2D eigenvalue weighted by atomic mass is 10.2. The van der Waals surface area contributed by atoms with Crippen molar-refractivity contribution in [2.24, 2.45) is 0 Å². The Morgan fingerprint density at radius 2 is 1.96 bits per heavy atom. The van der Waals surface area contributed by atoms with Gasteiger partial charge in [-0.05, 0) is 20.8 Å². The summed E-state index contributed by atoms with van der Waals surface area (Å²) < 4.78 is 4.87. The first-order chi connectivity index (χ1) is 10.9. The molecular weight excluding hydrogens is 316 g/mol. The quantitative estimate of drug-likeness (QED) is 0.861. The van der Waals surface area contributed by atoms with Gasteiger partial charge in [0, 0.05) is 38.2 Å². The maximum absolute atomic E-state index is 12.4. The molecular formula is C15H24N4O3S. The summed E-state index contributed by atoms with van der Waals surface area (Å²) in [6.07, 6.45) is 0. The van der Waals surface area contributed by atoms with Gasteiger partial charge < -0.3 is 15.0 Å². The van der Waals surface area contributed by atoms with Crippen molar-refractivity contribution in [1.82, 2.24) is 14.8 Å². The molecule has 1 N–H and O–H groups in total. The van der Waals surface area contributed by atoms with Gasteiger partial charge in [-0.25, -0.2) is 4.98 Å². The first-order valence-electron chi connectivity index (χ1n) is 7.68. The predicted octanol–water partition coefficient (Wildman–Crippen LogP) is 0.878. The number of aryl methyl sites for hydroxylation is 2. The van der Waals surface area contributed by atoms with E-state index in [0.717, 1.165) is 10.6 Å². The number of amides is 2. The lowest BCUT2D eigenvalue weighted by Crippen LogP contribution is -2.54. The SMILES string of the molecule is COCC(=O)N1CCN(C(C)C(=O)Nc2nc(C)c(C)s2)CC1. The molecule has 0 saturated carbocycles. The number of hydrogen-bond acceptors (Lipinski definition) is 6. The molecule has 0 radical (unpaired) electrons. The molecule has 0 bridgehead atoms. The fraction of sp³-hybridized carbons (Fsp3) is 0.667. The van der Waals surface area contributed by atoms with Crippen LogP contribution in [0, 0.1) is 13.8 Å². The highest BCUT2D eigenvalue weighted by molar-refractivity contribution is 7.15. The fourth-order valence-corrected chi connectivity index (χ4v) is 3.29. The molecule has 1 aromatic heterocycles. The third-order valence-electron chi connectivity index (χ3n) is 4.12. The zero-order chi connectivity index (χ0) is 17.0. The van der Waals surface area contributed by atoms with Gasteiger partial charge in [0.2, 0.25) is 11.8 Å². The van der Waals surface area contributed by atoms with E-state index in [-0.39, 0.29) is 24.5 Å². The maximum atomic E-state index is 12.4. The van der Waals surface area contributed by atoms with Gasteiger partial charge in [-0.3, -0.25) is 14.5 Å². The summed E-state index contributed by atoms with van der Waals surface area (Å²) in [6, 6.07) is -0.251. The number of hydrogen-bond donors (Lipinski definition) is 1. The molecule has 7 nitrogen and oxygen atoms in total. The van der Waals surface area contributed by atoms with Crippen molar-refractivity contribution >= 4 is 28.3 Å². The van der Waals surface area contributed by atoms with Crippen molar-refractivity contribution in [1.29, 1.82) is 0 Å². The van der Waals surface area contributed by atoms with Gasteiger partial charge in [-0.2, -0.15) is 0 Å². The second-order valence-electron chi connectivity index (χ2n) is 5.68. The van der Waals surface area contributed by atoms with E-state index in [9.17, 15) is 9.59 Å². The molecule has 2 heterocycles. The summed E-state index contributed by atoms with van der Waals surface area (Å²) in [4.78, 5) is 33.4. The second kappa shape index (κ2) is 7.85. The number of thiazole rings is 1. The lowest BCUT2D eigenvalue weighted by Gasteiger charge is -2.37. The number of nitrogens with zero attached hydrogens (tertiary/aromatic N) is 3. The van der Waals surface area contributed by atoms with E-state index in [1.165, 1.54) is 18.4 Å². The van der Waals surface area contributed by atoms with Crippen LogP contribution < -0.4 is 5.32 Å². The first kappa shape index (κ1) is 17.8. The number of ether oxygens (including phenoxy) is 1. The van der Waals surface area contributed by atoms with Crippen molar-refractivity contribution in [3.05, 3.63) is 10.6 Å². The van der Waals surface area contributed by atoms with E-state index < -0.39 is 0 Å². The Labute approximate surface area is 140 Å². The zero-order valence-electron chi connectivity index (χ0n) is 14.1. The third kappa shape index (κ3) is 4.49. The Hall–Kier alpha value is -1.51. The van der Waals surface area contributed by atoms with Crippen LogP contribution in [0.1, 0.15) is 17.5 Å². The molecule has 0 aromatic carbocycles. The minimum absolute atomic E-state index is 0.00186. The number of piperazine rings is 1. The van der Waals surface area contributed by atoms with Gasteiger partial charge in [0.25, 0.3) is 0 Å². The summed E-state index contributed by atoms with van der Waals surface area (Å²) >= 11 is 1.49. The average molecular weight is 340 g/mol. The predicted molar refractivity (Wildman–Crippen MR) is 89.7 cm³/mol. The van der Waals surface area contributed by atoms with Crippen LogP contribution in [-0.4, -0.2) is 72.5 Å². The van der Waals surface area contributed by atoms with E-state index in [4.69, 9.17) is 4.74 Å². The molecule has 8 heteroatoms. The zero-order valence-corrected chi connectivity index (χ0v) is 14.9. The first-order valence-corrected chi connectivity index (χ1v) is 8.49. The van der Waals surface area contributed by atoms with Gasteiger partial charge in [-0.15, -0.1) is 11.3 Å². The molecule has 128 valence electrons. The van der Waals surface area contributed by atoms with Gasteiger partial charge in [0.1, 0.15) is 6.61 Å². The van der Waals surface area contributed by atoms with Crippen LogP contribution in [0.3, 0.4) is 0 Å². The Kier molecular flexibility index (Phi) is 6.09. The molecule has 2 amide bonds. The molecule has 1 saturated heterocycles. The van der Waals surface area contributed by atoms with Gasteiger partial charge in [0.05, 0.1) is 11.7 Å². The summed E-state index contributed by atoms with van der Waals surface area (Å²) in [5.41, 5.74) is 0.947. The number of carbonyl (C=O) groups is 2. The lowest BCUT2D eigenvalue weighted by molar-refractivity contribution is -0.137. The van der Waals surface area contributed by atoms with E-state index in [1.54, 1.807) is 4.90 Å². The Morgan fingerprint density at radius 1 is 1.30 bits per heavy atom. The Morgan fingerprint density at radius 3 is 2.48 bits per heavy atom. The Bertz CT molecular complexity index is 548. The average Bonchev–Trinajstić information content (AvgIpc) is 2.84. The maximum Gasteiger partial charge on any atom is 0.248 e. The summed E-state index contributed by atoms with van der Waals surface area (Å²) in [5, 5.41) is 3.53. The molecule has 0 aliphatic carbocycles. The normalized spacial score (nSPS) is 17.1. The molecule has 2 rings (SSSR count). The van der Waals surface area contributed by atoms with Crippen molar-refractivity contribution in [2.75, 3.05) is 45.2 Å². The van der Waals surface area contributed by atoms with Gasteiger partial charge >= 0.3 is 0 Å². The minimum atomic E-state index is -0.251. The molecule has 1 fully saturated rings. The van der Waals surface area contributed by atoms with Crippen molar-refractivity contribution in [2.45, 2.75) is 26.8 Å². The van der Waals surface area contributed by atoms with Crippen LogP contribution in [-0.2, 0) is 14.3 Å². The largest absolute Gasteiger partial charge is 0.375 e. The number of anilines is 1. The van der Waals surface area contributed by atoms with E-state index in [1.807, 2.05) is 20.8 Å². The highest BCUT2D eigenvalue weighted by Crippen LogP contribution is 2.21. The Balaban J connectivity index is 1.85. The minimum Gasteiger partial charge on any atom is -0.375 e. The standard InChI is InChI=1S/C15H24N4O3S/c1-10-12(3)23-15(16-10)17-14(21)11(2)18-5-7-19(8-6-18)13(20)9-22-4/h11H,5-9H2,1-4H3,(H,16,17,21). The van der Waals surface area contributed by atoms with Crippen LogP contribution in [0.5, 0.6) is 0 Å². The molecule has 1 aromatic rings. The van der Waals surface area contributed by atoms with Crippen molar-refractivity contribution in [3.8, 4) is 0 Å². The monoisotopic (exact) mass is 340 g/mol. The molecule has 1 aliphatic rings. The van der Waals surface area contributed by atoms with Crippen LogP contribution in [0.4, 0.5) is 5.13 Å². The molecule has 0 spiro atoms. The molecule has 1 unspecified atom stereocenters. The fourth-order valence-electron chi connectivity index (χ4n) is 2.48. The highest BCUT2D eigenvalue weighted by atomic mass is 32.1. The van der Waals surface area contributed by atoms with Crippen LogP contribution >= 0.6 is 11.3 Å². The van der Waals surface area contributed by atoms with E-state index >= 15 is 0 Å². The number of aromatic nitrogens is 1. The van der Waals surface area contributed by atoms with Gasteiger partial charge in [0.15, 0.2) is 5.13 Å². The number of methoxy groups -OCH3 is 1. The van der Waals surface area contributed by atoms with E-state index in [0.29, 0.717) is 31.3 Å². The summed E-state index contributed by atoms with van der Waals surface area (Å²) in [5.74, 6) is -0.0617. The van der Waals surface area contributed by atoms with Crippen LogP contribution in [0.15, 0.2) is 0 Å². The summed E-state index contributed by atoms with van der Waals surface area (Å²) in [6.45, 7) is 8.52. The number of nitrogens with one attached hydrogen (secondary N) is 1. The second-order valence-corrected chi connectivity index (χ2v) is 6.88. The number of carbonyl (C=O) groups excluding carboxylic acids is 2. The van der Waals surface area contributed by atoms with Crippen molar-refractivity contribution in [3.63, 3.8) is 0 Å². The molecule has 1 atom stereocenters. The molecule has 23 heavy (non-hydrogen) atoms.